The Labute approximate surface area is 161 Å². The summed E-state index contributed by atoms with van der Waals surface area (Å²) in [6.07, 6.45) is 6.29. The Morgan fingerprint density at radius 2 is 1.88 bits per heavy atom. The van der Waals surface area contributed by atoms with Crippen LogP contribution in [0.3, 0.4) is 0 Å². The molecule has 136 valence electrons. The van der Waals surface area contributed by atoms with Gasteiger partial charge >= 0.3 is 0 Å². The van der Waals surface area contributed by atoms with Crippen LogP contribution < -0.4 is 15.5 Å². The maximum Gasteiger partial charge on any atom is 0.238 e. The summed E-state index contributed by atoms with van der Waals surface area (Å²) in [5, 5.41) is 6.89. The van der Waals surface area contributed by atoms with E-state index < -0.39 is 0 Å². The molecule has 0 aromatic heterocycles. The molecule has 0 unspecified atom stereocenters. The van der Waals surface area contributed by atoms with Crippen molar-refractivity contribution in [1.29, 1.82) is 0 Å². The summed E-state index contributed by atoms with van der Waals surface area (Å²) < 4.78 is 0. The lowest BCUT2D eigenvalue weighted by Gasteiger charge is -2.30. The topological polar surface area (TPSA) is 44.4 Å². The molecule has 3 rings (SSSR count). The Hall–Kier alpha value is -0.680. The van der Waals surface area contributed by atoms with Crippen LogP contribution in [0, 0.1) is 5.92 Å². The van der Waals surface area contributed by atoms with E-state index in [1.165, 1.54) is 32.1 Å². The SMILES string of the molecule is Cl.Cl.O=C(CNCC1CC1)Nc1cc(Cl)ccc1N1CCCCC1. The normalized spacial score (nSPS) is 16.8. The molecule has 0 bridgehead atoms. The van der Waals surface area contributed by atoms with Crippen LogP contribution in [-0.4, -0.2) is 32.1 Å². The highest BCUT2D eigenvalue weighted by molar-refractivity contribution is 6.31. The van der Waals surface area contributed by atoms with E-state index in [2.05, 4.69) is 15.5 Å². The van der Waals surface area contributed by atoms with Gasteiger partial charge in [0.15, 0.2) is 0 Å². The van der Waals surface area contributed by atoms with Crippen LogP contribution in [0.25, 0.3) is 0 Å². The number of carbonyl (C=O) groups excluding carboxylic acids is 1. The van der Waals surface area contributed by atoms with Crippen LogP contribution in [0.4, 0.5) is 11.4 Å². The molecule has 7 heteroatoms. The van der Waals surface area contributed by atoms with E-state index in [1.54, 1.807) is 0 Å². The van der Waals surface area contributed by atoms with Gasteiger partial charge in [-0.2, -0.15) is 0 Å². The van der Waals surface area contributed by atoms with Crippen molar-refractivity contribution < 1.29 is 4.79 Å². The zero-order chi connectivity index (χ0) is 15.4. The number of carbonyl (C=O) groups is 1. The van der Waals surface area contributed by atoms with E-state index >= 15 is 0 Å². The highest BCUT2D eigenvalue weighted by Crippen LogP contribution is 2.31. The molecule has 1 saturated heterocycles. The molecule has 1 aromatic rings. The van der Waals surface area contributed by atoms with Crippen LogP contribution in [-0.2, 0) is 4.79 Å². The Morgan fingerprint density at radius 3 is 2.54 bits per heavy atom. The van der Waals surface area contributed by atoms with Gasteiger partial charge in [0.1, 0.15) is 0 Å². The van der Waals surface area contributed by atoms with Crippen LogP contribution in [0.1, 0.15) is 32.1 Å². The first-order valence-electron chi connectivity index (χ1n) is 8.27. The van der Waals surface area contributed by atoms with E-state index in [0.717, 1.165) is 36.9 Å². The minimum atomic E-state index is 0. The predicted molar refractivity (Wildman–Crippen MR) is 106 cm³/mol. The molecule has 2 aliphatic rings. The van der Waals surface area contributed by atoms with Gasteiger partial charge in [-0.15, -0.1) is 24.8 Å². The smallest absolute Gasteiger partial charge is 0.238 e. The van der Waals surface area contributed by atoms with E-state index in [-0.39, 0.29) is 30.7 Å². The summed E-state index contributed by atoms with van der Waals surface area (Å²) >= 11 is 6.11. The van der Waals surface area contributed by atoms with E-state index in [9.17, 15) is 4.79 Å². The third kappa shape index (κ3) is 6.32. The molecule has 0 radical (unpaired) electrons. The summed E-state index contributed by atoms with van der Waals surface area (Å²) in [7, 11) is 0. The Kier molecular flexibility index (Phi) is 9.21. The fourth-order valence-electron chi connectivity index (χ4n) is 2.93. The quantitative estimate of drug-likeness (QED) is 0.763. The van der Waals surface area contributed by atoms with Gasteiger partial charge in [-0.25, -0.2) is 0 Å². The molecule has 0 spiro atoms. The Balaban J connectivity index is 0.00000144. The Bertz CT molecular complexity index is 532. The monoisotopic (exact) mass is 393 g/mol. The average molecular weight is 395 g/mol. The van der Waals surface area contributed by atoms with Crippen LogP contribution in [0.15, 0.2) is 18.2 Å². The van der Waals surface area contributed by atoms with Gasteiger partial charge in [0.05, 0.1) is 17.9 Å². The highest BCUT2D eigenvalue weighted by atomic mass is 35.5. The number of hydrogen-bond acceptors (Lipinski definition) is 3. The zero-order valence-corrected chi connectivity index (χ0v) is 16.1. The van der Waals surface area contributed by atoms with Gasteiger partial charge in [0.2, 0.25) is 5.91 Å². The molecule has 1 aliphatic heterocycles. The van der Waals surface area contributed by atoms with Crippen molar-refractivity contribution in [2.45, 2.75) is 32.1 Å². The fraction of sp³-hybridized carbons (Fsp3) is 0.588. The van der Waals surface area contributed by atoms with Crippen molar-refractivity contribution in [1.82, 2.24) is 5.32 Å². The van der Waals surface area contributed by atoms with Gasteiger partial charge in [-0.05, 0) is 62.8 Å². The Morgan fingerprint density at radius 1 is 1.17 bits per heavy atom. The second kappa shape index (κ2) is 10.3. The second-order valence-electron chi connectivity index (χ2n) is 6.33. The molecule has 1 amide bonds. The van der Waals surface area contributed by atoms with Crippen LogP contribution in [0.5, 0.6) is 0 Å². The lowest BCUT2D eigenvalue weighted by Crippen LogP contribution is -2.32. The molecule has 0 atom stereocenters. The maximum absolute atomic E-state index is 12.1. The summed E-state index contributed by atoms with van der Waals surface area (Å²) in [4.78, 5) is 14.5. The third-order valence-corrected chi connectivity index (χ3v) is 4.58. The molecule has 2 fully saturated rings. The van der Waals surface area contributed by atoms with E-state index in [4.69, 9.17) is 11.6 Å². The minimum absolute atomic E-state index is 0. The van der Waals surface area contributed by atoms with Crippen molar-refractivity contribution in [3.05, 3.63) is 23.2 Å². The number of benzene rings is 1. The molecule has 24 heavy (non-hydrogen) atoms. The second-order valence-corrected chi connectivity index (χ2v) is 6.77. The number of hydrogen-bond donors (Lipinski definition) is 2. The predicted octanol–water partition coefficient (Wildman–Crippen LogP) is 4.11. The van der Waals surface area contributed by atoms with E-state index in [1.807, 2.05) is 18.2 Å². The first-order valence-corrected chi connectivity index (χ1v) is 8.65. The molecule has 1 aliphatic carbocycles. The van der Waals surface area contributed by atoms with Gasteiger partial charge in [0, 0.05) is 18.1 Å². The molecule has 1 heterocycles. The number of nitrogens with one attached hydrogen (secondary N) is 2. The van der Waals surface area contributed by atoms with Crippen LogP contribution >= 0.6 is 36.4 Å². The van der Waals surface area contributed by atoms with Gasteiger partial charge in [-0.1, -0.05) is 11.6 Å². The number of nitrogens with zero attached hydrogens (tertiary/aromatic N) is 1. The molecule has 1 aromatic carbocycles. The maximum atomic E-state index is 12.1. The summed E-state index contributed by atoms with van der Waals surface area (Å²) in [5.74, 6) is 0.782. The molecule has 4 nitrogen and oxygen atoms in total. The first kappa shape index (κ1) is 21.4. The largest absolute Gasteiger partial charge is 0.370 e. The highest BCUT2D eigenvalue weighted by Gasteiger charge is 2.21. The van der Waals surface area contributed by atoms with Crippen molar-refractivity contribution in [3.63, 3.8) is 0 Å². The van der Waals surface area contributed by atoms with Gasteiger partial charge in [0.25, 0.3) is 0 Å². The zero-order valence-electron chi connectivity index (χ0n) is 13.7. The minimum Gasteiger partial charge on any atom is -0.370 e. The summed E-state index contributed by atoms with van der Waals surface area (Å²) in [6.45, 7) is 3.40. The number of anilines is 2. The van der Waals surface area contributed by atoms with Gasteiger partial charge < -0.3 is 15.5 Å². The van der Waals surface area contributed by atoms with Gasteiger partial charge in [-0.3, -0.25) is 4.79 Å². The van der Waals surface area contributed by atoms with Crippen molar-refractivity contribution >= 4 is 53.7 Å². The fourth-order valence-corrected chi connectivity index (χ4v) is 3.10. The molecular formula is C17H26Cl3N3O. The standard InChI is InChI=1S/C17H24ClN3O.2ClH/c18-14-6-7-16(21-8-2-1-3-9-21)15(10-14)20-17(22)12-19-11-13-4-5-13;;/h6-7,10,13,19H,1-5,8-9,11-12H2,(H,20,22);2*1H. The average Bonchev–Trinajstić information content (AvgIpc) is 3.32. The van der Waals surface area contributed by atoms with Crippen molar-refractivity contribution in [3.8, 4) is 0 Å². The lowest BCUT2D eigenvalue weighted by atomic mass is 10.1. The number of rotatable bonds is 6. The summed E-state index contributed by atoms with van der Waals surface area (Å²) in [6, 6.07) is 5.76. The van der Waals surface area contributed by atoms with E-state index in [0.29, 0.717) is 11.6 Å². The summed E-state index contributed by atoms with van der Waals surface area (Å²) in [5.41, 5.74) is 1.91. The first-order chi connectivity index (χ1) is 10.7. The number of piperidine rings is 1. The molecule has 1 saturated carbocycles. The lowest BCUT2D eigenvalue weighted by molar-refractivity contribution is -0.115. The molecular weight excluding hydrogens is 369 g/mol. The van der Waals surface area contributed by atoms with Crippen molar-refractivity contribution in [2.24, 2.45) is 5.92 Å². The van der Waals surface area contributed by atoms with Crippen LogP contribution in [0.2, 0.25) is 5.02 Å². The number of halogens is 3. The molecule has 2 N–H and O–H groups in total. The number of amides is 1. The van der Waals surface area contributed by atoms with Crippen molar-refractivity contribution in [2.75, 3.05) is 36.4 Å². The third-order valence-electron chi connectivity index (χ3n) is 4.34.